The average Bonchev–Trinajstić information content (AvgIpc) is 3.20. The quantitative estimate of drug-likeness (QED) is 0.447. The first kappa shape index (κ1) is 22.3. The number of carboxylic acid groups (broad SMARTS) is 1. The van der Waals surface area contributed by atoms with Crippen molar-refractivity contribution >= 4 is 29.0 Å². The van der Waals surface area contributed by atoms with Crippen LogP contribution in [0.5, 0.6) is 5.75 Å². The molecule has 2 heterocycles. The maximum absolute atomic E-state index is 12.4. The molecule has 0 spiro atoms. The Morgan fingerprint density at radius 1 is 1.16 bits per heavy atom. The van der Waals surface area contributed by atoms with Crippen molar-refractivity contribution in [3.8, 4) is 5.75 Å². The Kier molecular flexibility index (Phi) is 7.61. The molecule has 0 aliphatic carbocycles. The van der Waals surface area contributed by atoms with E-state index in [0.717, 1.165) is 22.6 Å². The summed E-state index contributed by atoms with van der Waals surface area (Å²) in [5, 5.41) is 17.0. The first-order valence-electron chi connectivity index (χ1n) is 9.89. The molecule has 3 N–H and O–H groups in total. The van der Waals surface area contributed by atoms with Gasteiger partial charge in [-0.2, -0.15) is 0 Å². The highest BCUT2D eigenvalue weighted by atomic mass is 32.1. The minimum Gasteiger partial charge on any atom is -0.493 e. The third kappa shape index (κ3) is 6.29. The van der Waals surface area contributed by atoms with Gasteiger partial charge in [-0.15, -0.1) is 11.3 Å². The van der Waals surface area contributed by atoms with Crippen molar-refractivity contribution in [2.45, 2.75) is 25.8 Å². The second kappa shape index (κ2) is 10.6. The molecule has 0 unspecified atom stereocenters. The van der Waals surface area contributed by atoms with Crippen molar-refractivity contribution in [1.82, 2.24) is 10.3 Å². The molecule has 0 saturated carbocycles. The predicted octanol–water partition coefficient (Wildman–Crippen LogP) is 3.54. The smallest absolute Gasteiger partial charge is 0.326 e. The van der Waals surface area contributed by atoms with Crippen LogP contribution in [0.1, 0.15) is 26.5 Å². The van der Waals surface area contributed by atoms with Gasteiger partial charge in [0.25, 0.3) is 5.91 Å². The molecule has 0 aliphatic rings. The van der Waals surface area contributed by atoms with Gasteiger partial charge >= 0.3 is 5.97 Å². The Balaban J connectivity index is 1.53. The van der Waals surface area contributed by atoms with Crippen LogP contribution >= 0.6 is 11.3 Å². The van der Waals surface area contributed by atoms with Gasteiger partial charge in [0.1, 0.15) is 17.6 Å². The number of pyridine rings is 1. The maximum Gasteiger partial charge on any atom is 0.326 e. The SMILES string of the molecule is CNc1cccc(CCOc2ccc(C[C@H](NC(=O)c3sccc3C)C(=O)O)cc2)n1. The fourth-order valence-corrected chi connectivity index (χ4v) is 3.85. The Morgan fingerprint density at radius 3 is 2.58 bits per heavy atom. The van der Waals surface area contributed by atoms with Crippen LogP contribution in [0, 0.1) is 6.92 Å². The van der Waals surface area contributed by atoms with Gasteiger partial charge in [-0.3, -0.25) is 4.79 Å². The van der Waals surface area contributed by atoms with Gasteiger partial charge in [-0.1, -0.05) is 18.2 Å². The Hall–Kier alpha value is -3.39. The molecule has 0 aliphatic heterocycles. The fourth-order valence-electron chi connectivity index (χ4n) is 3.02. The van der Waals surface area contributed by atoms with Crippen LogP contribution in [0.25, 0.3) is 0 Å². The van der Waals surface area contributed by atoms with E-state index in [9.17, 15) is 14.7 Å². The van der Waals surface area contributed by atoms with Gasteiger partial charge in [0, 0.05) is 25.6 Å². The molecule has 0 saturated heterocycles. The summed E-state index contributed by atoms with van der Waals surface area (Å²) in [6, 6.07) is 13.9. The number of carboxylic acids is 1. The summed E-state index contributed by atoms with van der Waals surface area (Å²) in [7, 11) is 1.83. The van der Waals surface area contributed by atoms with E-state index in [0.29, 0.717) is 23.7 Å². The number of hydrogen-bond acceptors (Lipinski definition) is 6. The highest BCUT2D eigenvalue weighted by Crippen LogP contribution is 2.17. The van der Waals surface area contributed by atoms with Crippen LogP contribution < -0.4 is 15.4 Å². The molecule has 7 nitrogen and oxygen atoms in total. The lowest BCUT2D eigenvalue weighted by molar-refractivity contribution is -0.139. The summed E-state index contributed by atoms with van der Waals surface area (Å²) in [5.41, 5.74) is 2.57. The Morgan fingerprint density at radius 2 is 1.94 bits per heavy atom. The number of aromatic nitrogens is 1. The van der Waals surface area contributed by atoms with E-state index in [1.165, 1.54) is 11.3 Å². The number of aryl methyl sites for hydroxylation is 1. The molecule has 0 bridgehead atoms. The zero-order chi connectivity index (χ0) is 22.2. The van der Waals surface area contributed by atoms with Gasteiger partial charge < -0.3 is 20.5 Å². The van der Waals surface area contributed by atoms with Gasteiger partial charge in [0.15, 0.2) is 0 Å². The highest BCUT2D eigenvalue weighted by Gasteiger charge is 2.22. The third-order valence-electron chi connectivity index (χ3n) is 4.72. The number of carbonyl (C=O) groups excluding carboxylic acids is 1. The van der Waals surface area contributed by atoms with Gasteiger partial charge in [-0.05, 0) is 53.8 Å². The number of nitrogens with one attached hydrogen (secondary N) is 2. The van der Waals surface area contributed by atoms with E-state index < -0.39 is 12.0 Å². The number of rotatable bonds is 10. The predicted molar refractivity (Wildman–Crippen MR) is 121 cm³/mol. The van der Waals surface area contributed by atoms with Crippen LogP contribution in [0.3, 0.4) is 0 Å². The van der Waals surface area contributed by atoms with E-state index in [1.54, 1.807) is 12.1 Å². The monoisotopic (exact) mass is 439 g/mol. The lowest BCUT2D eigenvalue weighted by Crippen LogP contribution is -2.42. The normalized spacial score (nSPS) is 11.5. The summed E-state index contributed by atoms with van der Waals surface area (Å²) in [6.07, 6.45) is 0.860. The van der Waals surface area contributed by atoms with Crippen LogP contribution in [0.15, 0.2) is 53.9 Å². The molecule has 1 amide bonds. The first-order valence-corrected chi connectivity index (χ1v) is 10.8. The number of thiophene rings is 1. The standard InChI is InChI=1S/C23H25N3O4S/c1-15-11-13-31-21(15)22(27)26-19(23(28)29)14-16-6-8-18(9-7-16)30-12-10-17-4-3-5-20(24-2)25-17/h3-9,11,13,19H,10,12,14H2,1-2H3,(H,24,25)(H,26,27)(H,28,29)/t19-/m0/s1. The van der Waals surface area contributed by atoms with E-state index in [1.807, 2.05) is 55.7 Å². The van der Waals surface area contributed by atoms with E-state index in [-0.39, 0.29) is 12.3 Å². The number of ether oxygens (including phenoxy) is 1. The van der Waals surface area contributed by atoms with Crippen molar-refractivity contribution in [1.29, 1.82) is 0 Å². The van der Waals surface area contributed by atoms with Crippen molar-refractivity contribution in [3.63, 3.8) is 0 Å². The number of nitrogens with zero attached hydrogens (tertiary/aromatic N) is 1. The second-order valence-corrected chi connectivity index (χ2v) is 7.92. The maximum atomic E-state index is 12.4. The second-order valence-electron chi connectivity index (χ2n) is 7.01. The number of aliphatic carboxylic acids is 1. The molecule has 162 valence electrons. The Labute approximate surface area is 185 Å². The van der Waals surface area contributed by atoms with Gasteiger partial charge in [-0.25, -0.2) is 9.78 Å². The van der Waals surface area contributed by atoms with Crippen molar-refractivity contribution < 1.29 is 19.4 Å². The van der Waals surface area contributed by atoms with Crippen LogP contribution in [-0.2, 0) is 17.6 Å². The molecule has 3 rings (SSSR count). The summed E-state index contributed by atoms with van der Waals surface area (Å²) in [4.78, 5) is 29.0. The number of hydrogen-bond donors (Lipinski definition) is 3. The molecule has 8 heteroatoms. The van der Waals surface area contributed by atoms with E-state index >= 15 is 0 Å². The lowest BCUT2D eigenvalue weighted by atomic mass is 10.1. The number of amides is 1. The lowest BCUT2D eigenvalue weighted by Gasteiger charge is -2.15. The molecule has 0 fully saturated rings. The van der Waals surface area contributed by atoms with Crippen molar-refractivity contribution in [2.24, 2.45) is 0 Å². The van der Waals surface area contributed by atoms with Crippen molar-refractivity contribution in [3.05, 3.63) is 75.6 Å². The molecular formula is C23H25N3O4S. The fraction of sp³-hybridized carbons (Fsp3) is 0.261. The van der Waals surface area contributed by atoms with Crippen LogP contribution in [0.2, 0.25) is 0 Å². The number of benzene rings is 1. The number of anilines is 1. The van der Waals surface area contributed by atoms with Gasteiger partial charge in [0.05, 0.1) is 11.5 Å². The molecule has 2 aromatic heterocycles. The summed E-state index contributed by atoms with van der Waals surface area (Å²) >= 11 is 1.30. The highest BCUT2D eigenvalue weighted by molar-refractivity contribution is 7.12. The molecule has 31 heavy (non-hydrogen) atoms. The summed E-state index contributed by atoms with van der Waals surface area (Å²) < 4.78 is 5.77. The minimum atomic E-state index is -1.07. The van der Waals surface area contributed by atoms with Crippen molar-refractivity contribution in [2.75, 3.05) is 19.0 Å². The largest absolute Gasteiger partial charge is 0.493 e. The van der Waals surface area contributed by atoms with E-state index in [4.69, 9.17) is 4.74 Å². The molecule has 3 aromatic rings. The van der Waals surface area contributed by atoms with Crippen LogP contribution in [-0.4, -0.2) is 41.7 Å². The summed E-state index contributed by atoms with van der Waals surface area (Å²) in [6.45, 7) is 2.31. The molecule has 1 aromatic carbocycles. The van der Waals surface area contributed by atoms with Gasteiger partial charge in [0.2, 0.25) is 0 Å². The Bertz CT molecular complexity index is 1030. The van der Waals surface area contributed by atoms with E-state index in [2.05, 4.69) is 15.6 Å². The first-order chi connectivity index (χ1) is 15.0. The summed E-state index contributed by atoms with van der Waals surface area (Å²) in [5.74, 6) is 0.0739. The number of carbonyl (C=O) groups is 2. The zero-order valence-corrected chi connectivity index (χ0v) is 18.2. The molecule has 0 radical (unpaired) electrons. The zero-order valence-electron chi connectivity index (χ0n) is 17.4. The third-order valence-corrected chi connectivity index (χ3v) is 5.74. The molecule has 1 atom stereocenters. The average molecular weight is 440 g/mol. The minimum absolute atomic E-state index is 0.187. The topological polar surface area (TPSA) is 101 Å². The van der Waals surface area contributed by atoms with Crippen LogP contribution in [0.4, 0.5) is 5.82 Å². The molecular weight excluding hydrogens is 414 g/mol.